The molecule has 6 aromatic rings. The second-order valence-electron chi connectivity index (χ2n) is 16.8. The molecule has 2 aromatic heterocycles. The van der Waals surface area contributed by atoms with E-state index >= 15 is 0 Å². The van der Waals surface area contributed by atoms with Crippen LogP contribution in [0.2, 0.25) is 0 Å². The predicted octanol–water partition coefficient (Wildman–Crippen LogP) is 10.5. The third-order valence-corrected chi connectivity index (χ3v) is 13.1. The first-order chi connectivity index (χ1) is 31.3. The van der Waals surface area contributed by atoms with Crippen molar-refractivity contribution in [2.45, 2.75) is 97.4 Å². The molecule has 330 valence electrons. The van der Waals surface area contributed by atoms with Gasteiger partial charge in [0, 0.05) is 23.2 Å². The molecule has 0 bridgehead atoms. The number of hydrogen-bond acceptors (Lipinski definition) is 9. The lowest BCUT2D eigenvalue weighted by atomic mass is 9.97. The van der Waals surface area contributed by atoms with Gasteiger partial charge in [-0.15, -0.1) is 0 Å². The smallest absolute Gasteiger partial charge is 0.320 e. The molecule has 0 spiro atoms. The Morgan fingerprint density at radius 3 is 1.69 bits per heavy atom. The summed E-state index contributed by atoms with van der Waals surface area (Å²) in [6, 6.07) is 32.9. The Morgan fingerprint density at radius 1 is 0.641 bits per heavy atom. The van der Waals surface area contributed by atoms with Gasteiger partial charge in [-0.2, -0.15) is 9.97 Å². The Hall–Kier alpha value is -6.52. The number of aldehydes is 1. The lowest BCUT2D eigenvalue weighted by Gasteiger charge is -2.33. The summed E-state index contributed by atoms with van der Waals surface area (Å²) in [5.74, 6) is 1.38. The summed E-state index contributed by atoms with van der Waals surface area (Å²) >= 11 is 0. The Balaban J connectivity index is 0.000000181. The Morgan fingerprint density at radius 2 is 1.16 bits per heavy atom. The summed E-state index contributed by atoms with van der Waals surface area (Å²) in [6.45, 7) is 6.45. The van der Waals surface area contributed by atoms with E-state index in [1.807, 2.05) is 24.3 Å². The largest absolute Gasteiger partial charge is 0.481 e. The van der Waals surface area contributed by atoms with E-state index in [9.17, 15) is 14.7 Å². The number of fused-ring (bicyclic) bond motifs is 2. The molecular weight excluding hydrogens is 803 g/mol. The monoisotopic (exact) mass is 859 g/mol. The fourth-order valence-corrected chi connectivity index (χ4v) is 9.64. The van der Waals surface area contributed by atoms with Crippen LogP contribution < -0.4 is 18.9 Å². The highest BCUT2D eigenvalue weighted by Gasteiger charge is 2.32. The van der Waals surface area contributed by atoms with Crippen molar-refractivity contribution in [2.24, 2.45) is 0 Å². The van der Waals surface area contributed by atoms with Crippen LogP contribution in [0.3, 0.4) is 0 Å². The van der Waals surface area contributed by atoms with Crippen LogP contribution in [0.5, 0.6) is 23.5 Å². The molecule has 2 aliphatic carbocycles. The molecule has 3 heterocycles. The fraction of sp³-hybridized carbons (Fsp3) is 0.333. The van der Waals surface area contributed by atoms with Crippen LogP contribution in [0.1, 0.15) is 92.5 Å². The van der Waals surface area contributed by atoms with E-state index in [-0.39, 0.29) is 0 Å². The van der Waals surface area contributed by atoms with Gasteiger partial charge in [0.25, 0.3) is 0 Å². The first kappa shape index (κ1) is 44.1. The van der Waals surface area contributed by atoms with Gasteiger partial charge in [0.2, 0.25) is 23.5 Å². The van der Waals surface area contributed by atoms with Crippen LogP contribution in [0, 0.1) is 13.8 Å². The summed E-state index contributed by atoms with van der Waals surface area (Å²) in [5, 5.41) is 9.74. The number of aromatic nitrogens is 2. The van der Waals surface area contributed by atoms with Crippen molar-refractivity contribution in [1.29, 1.82) is 0 Å². The van der Waals surface area contributed by atoms with Crippen LogP contribution in [0.4, 0.5) is 0 Å². The van der Waals surface area contributed by atoms with E-state index in [2.05, 4.69) is 96.5 Å². The molecule has 4 aromatic carbocycles. The Labute approximate surface area is 376 Å². The van der Waals surface area contributed by atoms with E-state index in [1.165, 1.54) is 46.1 Å². The molecule has 1 aliphatic heterocycles. The predicted molar refractivity (Wildman–Crippen MR) is 249 cm³/mol. The van der Waals surface area contributed by atoms with E-state index in [1.54, 1.807) is 7.11 Å². The highest BCUT2D eigenvalue weighted by atomic mass is 16.5. The molecule has 1 atom stereocenters. The molecular formula is C54H57N3O7. The molecule has 10 nitrogen and oxygen atoms in total. The summed E-state index contributed by atoms with van der Waals surface area (Å²) in [5.41, 5.74) is 15.5. The lowest BCUT2D eigenvalue weighted by Crippen LogP contribution is -2.44. The zero-order valence-corrected chi connectivity index (χ0v) is 37.3. The van der Waals surface area contributed by atoms with Crippen LogP contribution >= 0.6 is 0 Å². The van der Waals surface area contributed by atoms with Crippen LogP contribution in [-0.4, -0.2) is 59.0 Å². The van der Waals surface area contributed by atoms with Crippen molar-refractivity contribution < 1.29 is 33.6 Å². The summed E-state index contributed by atoms with van der Waals surface area (Å²) in [7, 11) is 3.17. The minimum absolute atomic E-state index is 0.348. The number of aliphatic carboxylic acids is 1. The number of piperidine rings is 1. The average molecular weight is 860 g/mol. The second kappa shape index (κ2) is 20.3. The number of pyridine rings is 2. The summed E-state index contributed by atoms with van der Waals surface area (Å²) in [4.78, 5) is 34.7. The molecule has 0 amide bonds. The van der Waals surface area contributed by atoms with Gasteiger partial charge >= 0.3 is 5.97 Å². The van der Waals surface area contributed by atoms with Crippen molar-refractivity contribution in [3.63, 3.8) is 0 Å². The normalized spacial score (nSPS) is 15.3. The van der Waals surface area contributed by atoms with E-state index in [4.69, 9.17) is 23.9 Å². The number of methoxy groups -OCH3 is 2. The van der Waals surface area contributed by atoms with Gasteiger partial charge in [0.05, 0.1) is 19.8 Å². The minimum atomic E-state index is -0.744. The fourth-order valence-electron chi connectivity index (χ4n) is 9.64. The molecule has 1 saturated heterocycles. The summed E-state index contributed by atoms with van der Waals surface area (Å²) < 4.78 is 23.6. The maximum Gasteiger partial charge on any atom is 0.320 e. The first-order valence-electron chi connectivity index (χ1n) is 22.4. The van der Waals surface area contributed by atoms with Gasteiger partial charge in [-0.3, -0.25) is 14.5 Å². The number of carboxylic acids is 1. The first-order valence-corrected chi connectivity index (χ1v) is 22.4. The third-order valence-electron chi connectivity index (χ3n) is 13.1. The number of carboxylic acid groups (broad SMARTS) is 1. The molecule has 1 N–H and O–H groups in total. The molecule has 64 heavy (non-hydrogen) atoms. The number of benzene rings is 4. The van der Waals surface area contributed by atoms with E-state index < -0.39 is 12.0 Å². The van der Waals surface area contributed by atoms with Crippen molar-refractivity contribution >= 4 is 12.3 Å². The van der Waals surface area contributed by atoms with Crippen molar-refractivity contribution in [3.05, 3.63) is 153 Å². The zero-order chi connectivity index (χ0) is 44.6. The SMILES string of the molecule is COc1nc(OCc2cccc(-c3ccccc3)c2C)c2c(c1C=O)CCC2.COc1nc(OCc2cccc(-c3ccccc3)c2C)c2c(c1CN1CCCC[C@H]1C(=O)O)CCC2. The lowest BCUT2D eigenvalue weighted by molar-refractivity contribution is -0.144. The standard InChI is InChI=1S/C30H34N2O4.C24H23NO3/c1-20-22(12-8-13-23(20)21-10-4-3-5-11-21)19-36-29-25-15-9-14-24(25)26(28(31-29)35-2)18-32-17-7-6-16-27(32)30(33)34;1-16-18(10-6-11-19(16)17-8-4-3-5-9-17)15-28-24-21-13-7-12-20(21)22(14-26)23(25-24)27-2/h3-5,8,10-13,27H,6-7,9,14-19H2,1-2H3,(H,33,34);3-6,8-11,14H,7,12-13,15H2,1-2H3/t27-;/m0./s1. The number of rotatable bonds is 14. The van der Waals surface area contributed by atoms with Gasteiger partial charge in [-0.1, -0.05) is 103 Å². The van der Waals surface area contributed by atoms with Crippen LogP contribution in [0.25, 0.3) is 22.3 Å². The van der Waals surface area contributed by atoms with Crippen molar-refractivity contribution in [2.75, 3.05) is 20.8 Å². The number of ether oxygens (including phenoxy) is 4. The topological polar surface area (TPSA) is 120 Å². The maximum absolute atomic E-state index is 11.9. The highest BCUT2D eigenvalue weighted by Crippen LogP contribution is 2.39. The summed E-state index contributed by atoms with van der Waals surface area (Å²) in [6.07, 6.45) is 9.15. The number of likely N-dealkylation sites (tertiary alicyclic amines) is 1. The zero-order valence-electron chi connectivity index (χ0n) is 37.3. The van der Waals surface area contributed by atoms with Crippen molar-refractivity contribution in [3.8, 4) is 45.8 Å². The molecule has 0 unspecified atom stereocenters. The molecule has 3 aliphatic rings. The quantitative estimate of drug-likeness (QED) is 0.106. The van der Waals surface area contributed by atoms with Gasteiger partial charge in [0.15, 0.2) is 6.29 Å². The van der Waals surface area contributed by atoms with Crippen LogP contribution in [0.15, 0.2) is 97.1 Å². The van der Waals surface area contributed by atoms with Crippen LogP contribution in [-0.2, 0) is 50.2 Å². The van der Waals surface area contributed by atoms with Crippen molar-refractivity contribution in [1.82, 2.24) is 14.9 Å². The van der Waals surface area contributed by atoms with Gasteiger partial charge < -0.3 is 24.1 Å². The minimum Gasteiger partial charge on any atom is -0.481 e. The number of nitrogens with zero attached hydrogens (tertiary/aromatic N) is 3. The molecule has 0 radical (unpaired) electrons. The van der Waals surface area contributed by atoms with Gasteiger partial charge in [-0.25, -0.2) is 0 Å². The second-order valence-corrected chi connectivity index (χ2v) is 16.8. The molecule has 0 saturated carbocycles. The van der Waals surface area contributed by atoms with Gasteiger partial charge in [-0.05, 0) is 127 Å². The van der Waals surface area contributed by atoms with E-state index in [0.717, 1.165) is 97.6 Å². The number of hydrogen-bond donors (Lipinski definition) is 1. The molecule has 1 fully saturated rings. The Bertz CT molecular complexity index is 2610. The number of carbonyl (C=O) groups is 2. The third kappa shape index (κ3) is 9.38. The Kier molecular flexibility index (Phi) is 14.0. The molecule has 10 heteroatoms. The number of carbonyl (C=O) groups excluding carboxylic acids is 1. The maximum atomic E-state index is 11.9. The molecule has 9 rings (SSSR count). The van der Waals surface area contributed by atoms with E-state index in [0.29, 0.717) is 55.3 Å². The highest BCUT2D eigenvalue weighted by molar-refractivity contribution is 5.82. The average Bonchev–Trinajstić information content (AvgIpc) is 4.04. The van der Waals surface area contributed by atoms with Gasteiger partial charge in [0.1, 0.15) is 19.3 Å².